The lowest BCUT2D eigenvalue weighted by Crippen LogP contribution is -2.18. The van der Waals surface area contributed by atoms with E-state index in [0.717, 1.165) is 25.4 Å². The van der Waals surface area contributed by atoms with Gasteiger partial charge in [-0.3, -0.25) is 0 Å². The molecule has 0 aliphatic carbocycles. The molecule has 1 aromatic rings. The van der Waals surface area contributed by atoms with Crippen LogP contribution >= 0.6 is 12.4 Å². The Hall–Kier alpha value is -0.730. The van der Waals surface area contributed by atoms with Gasteiger partial charge in [0.15, 0.2) is 0 Å². The second-order valence-corrected chi connectivity index (χ2v) is 4.10. The average Bonchev–Trinajstić information content (AvgIpc) is 2.20. The Balaban J connectivity index is 0.00000225. The first-order chi connectivity index (χ1) is 7.22. The Kier molecular flexibility index (Phi) is 8.04. The molecule has 0 aromatic heterocycles. The van der Waals surface area contributed by atoms with E-state index < -0.39 is 0 Å². The fourth-order valence-corrected chi connectivity index (χ4v) is 1.38. The van der Waals surface area contributed by atoms with Crippen LogP contribution in [0.4, 0.5) is 0 Å². The quantitative estimate of drug-likeness (QED) is 0.828. The van der Waals surface area contributed by atoms with E-state index in [1.165, 1.54) is 5.56 Å². The third-order valence-corrected chi connectivity index (χ3v) is 2.12. The van der Waals surface area contributed by atoms with E-state index in [4.69, 9.17) is 4.74 Å². The van der Waals surface area contributed by atoms with Crippen molar-refractivity contribution in [3.8, 4) is 5.75 Å². The van der Waals surface area contributed by atoms with E-state index in [1.54, 1.807) is 0 Å². The molecule has 0 saturated carbocycles. The van der Waals surface area contributed by atoms with Crippen LogP contribution in [0.1, 0.15) is 26.3 Å². The minimum Gasteiger partial charge on any atom is -0.494 e. The zero-order chi connectivity index (χ0) is 11.1. The predicted molar refractivity (Wildman–Crippen MR) is 71.4 cm³/mol. The minimum absolute atomic E-state index is 0. The molecule has 16 heavy (non-hydrogen) atoms. The van der Waals surface area contributed by atoms with Gasteiger partial charge in [0.2, 0.25) is 0 Å². The molecule has 0 aliphatic heterocycles. The van der Waals surface area contributed by atoms with Gasteiger partial charge in [-0.05, 0) is 37.1 Å². The number of ether oxygens (including phenoxy) is 1. The van der Waals surface area contributed by atoms with Gasteiger partial charge >= 0.3 is 0 Å². The lowest BCUT2D eigenvalue weighted by atomic mass is 10.2. The molecule has 0 spiro atoms. The Bertz CT molecular complexity index is 272. The maximum Gasteiger partial charge on any atom is 0.119 e. The molecule has 0 atom stereocenters. The standard InChI is InChI=1S/C13H21NO.ClH/c1-4-15-13-7-5-12(6-8-13)10-14-9-11(2)3;/h5-8,11,14H,4,9-10H2,1-3H3;1H. The zero-order valence-corrected chi connectivity index (χ0v) is 11.1. The van der Waals surface area contributed by atoms with Crippen molar-refractivity contribution < 1.29 is 4.74 Å². The highest BCUT2D eigenvalue weighted by atomic mass is 35.5. The van der Waals surface area contributed by atoms with Crippen molar-refractivity contribution in [1.82, 2.24) is 5.32 Å². The molecule has 0 saturated heterocycles. The van der Waals surface area contributed by atoms with Crippen molar-refractivity contribution in [3.63, 3.8) is 0 Å². The Morgan fingerprint density at radius 1 is 1.19 bits per heavy atom. The number of nitrogens with one attached hydrogen (secondary N) is 1. The number of halogens is 1. The van der Waals surface area contributed by atoms with Crippen LogP contribution in [0.25, 0.3) is 0 Å². The van der Waals surface area contributed by atoms with Crippen LogP contribution in [-0.2, 0) is 6.54 Å². The van der Waals surface area contributed by atoms with Crippen molar-refractivity contribution in [2.75, 3.05) is 13.2 Å². The van der Waals surface area contributed by atoms with Crippen molar-refractivity contribution in [2.45, 2.75) is 27.3 Å². The molecule has 0 aliphatic rings. The first-order valence-electron chi connectivity index (χ1n) is 5.64. The van der Waals surface area contributed by atoms with Crippen LogP contribution in [0.5, 0.6) is 5.75 Å². The van der Waals surface area contributed by atoms with E-state index in [1.807, 2.05) is 19.1 Å². The second kappa shape index (κ2) is 8.43. The number of rotatable bonds is 6. The van der Waals surface area contributed by atoms with Crippen LogP contribution in [-0.4, -0.2) is 13.2 Å². The van der Waals surface area contributed by atoms with Gasteiger partial charge in [-0.25, -0.2) is 0 Å². The van der Waals surface area contributed by atoms with E-state index >= 15 is 0 Å². The van der Waals surface area contributed by atoms with Gasteiger partial charge in [0.25, 0.3) is 0 Å². The van der Waals surface area contributed by atoms with Gasteiger partial charge in [-0.2, -0.15) is 0 Å². The molecule has 2 nitrogen and oxygen atoms in total. The summed E-state index contributed by atoms with van der Waals surface area (Å²) in [6.07, 6.45) is 0. The van der Waals surface area contributed by atoms with Gasteiger partial charge in [-0.15, -0.1) is 12.4 Å². The van der Waals surface area contributed by atoms with Crippen molar-refractivity contribution >= 4 is 12.4 Å². The Morgan fingerprint density at radius 2 is 1.81 bits per heavy atom. The summed E-state index contributed by atoms with van der Waals surface area (Å²) in [4.78, 5) is 0. The number of hydrogen-bond donors (Lipinski definition) is 1. The van der Waals surface area contributed by atoms with Crippen LogP contribution in [0, 0.1) is 5.92 Å². The topological polar surface area (TPSA) is 21.3 Å². The van der Waals surface area contributed by atoms with Gasteiger partial charge in [0, 0.05) is 6.54 Å². The second-order valence-electron chi connectivity index (χ2n) is 4.10. The van der Waals surface area contributed by atoms with Crippen molar-refractivity contribution in [3.05, 3.63) is 29.8 Å². The average molecular weight is 244 g/mol. The maximum absolute atomic E-state index is 5.38. The minimum atomic E-state index is 0. The Morgan fingerprint density at radius 3 is 2.31 bits per heavy atom. The molecule has 0 amide bonds. The number of hydrogen-bond acceptors (Lipinski definition) is 2. The van der Waals surface area contributed by atoms with E-state index in [0.29, 0.717) is 5.92 Å². The molecule has 0 fully saturated rings. The van der Waals surface area contributed by atoms with Crippen LogP contribution in [0.3, 0.4) is 0 Å². The van der Waals surface area contributed by atoms with E-state index in [9.17, 15) is 0 Å². The molecular weight excluding hydrogens is 222 g/mol. The molecule has 0 heterocycles. The third kappa shape index (κ3) is 5.99. The number of benzene rings is 1. The van der Waals surface area contributed by atoms with E-state index in [2.05, 4.69) is 31.3 Å². The lowest BCUT2D eigenvalue weighted by Gasteiger charge is -2.08. The molecule has 92 valence electrons. The highest BCUT2D eigenvalue weighted by Gasteiger charge is 1.96. The van der Waals surface area contributed by atoms with Crippen LogP contribution < -0.4 is 10.1 Å². The summed E-state index contributed by atoms with van der Waals surface area (Å²) in [5.41, 5.74) is 1.30. The molecule has 0 radical (unpaired) electrons. The molecule has 0 unspecified atom stereocenters. The summed E-state index contributed by atoms with van der Waals surface area (Å²) in [6.45, 7) is 9.15. The first kappa shape index (κ1) is 15.3. The summed E-state index contributed by atoms with van der Waals surface area (Å²) in [6, 6.07) is 8.27. The fraction of sp³-hybridized carbons (Fsp3) is 0.538. The van der Waals surface area contributed by atoms with Gasteiger partial charge in [0.1, 0.15) is 5.75 Å². The summed E-state index contributed by atoms with van der Waals surface area (Å²) in [7, 11) is 0. The predicted octanol–water partition coefficient (Wildman–Crippen LogP) is 3.25. The molecular formula is C13H22ClNO. The van der Waals surface area contributed by atoms with Crippen molar-refractivity contribution in [1.29, 1.82) is 0 Å². The van der Waals surface area contributed by atoms with Gasteiger partial charge in [0.05, 0.1) is 6.61 Å². The molecule has 1 aromatic carbocycles. The molecule has 1 N–H and O–H groups in total. The first-order valence-corrected chi connectivity index (χ1v) is 5.64. The zero-order valence-electron chi connectivity index (χ0n) is 10.3. The fourth-order valence-electron chi connectivity index (χ4n) is 1.38. The van der Waals surface area contributed by atoms with Gasteiger partial charge < -0.3 is 10.1 Å². The van der Waals surface area contributed by atoms with E-state index in [-0.39, 0.29) is 12.4 Å². The third-order valence-electron chi connectivity index (χ3n) is 2.12. The smallest absolute Gasteiger partial charge is 0.119 e. The highest BCUT2D eigenvalue weighted by molar-refractivity contribution is 5.85. The summed E-state index contributed by atoms with van der Waals surface area (Å²) < 4.78 is 5.38. The SMILES string of the molecule is CCOc1ccc(CNCC(C)C)cc1.Cl. The van der Waals surface area contributed by atoms with Crippen LogP contribution in [0.2, 0.25) is 0 Å². The summed E-state index contributed by atoms with van der Waals surface area (Å²) in [5, 5.41) is 3.41. The highest BCUT2D eigenvalue weighted by Crippen LogP contribution is 2.11. The summed E-state index contributed by atoms with van der Waals surface area (Å²) in [5.74, 6) is 1.65. The molecule has 3 heteroatoms. The van der Waals surface area contributed by atoms with Crippen molar-refractivity contribution in [2.24, 2.45) is 5.92 Å². The lowest BCUT2D eigenvalue weighted by molar-refractivity contribution is 0.340. The monoisotopic (exact) mass is 243 g/mol. The molecule has 0 bridgehead atoms. The molecule has 1 rings (SSSR count). The van der Waals surface area contributed by atoms with Gasteiger partial charge in [-0.1, -0.05) is 26.0 Å². The van der Waals surface area contributed by atoms with Crippen LogP contribution in [0.15, 0.2) is 24.3 Å². The largest absolute Gasteiger partial charge is 0.494 e. The summed E-state index contributed by atoms with van der Waals surface area (Å²) >= 11 is 0. The Labute approximate surface area is 105 Å². The maximum atomic E-state index is 5.38. The normalized spacial score (nSPS) is 10.0.